The largest absolute Gasteiger partial charge is 0.345 e. The van der Waals surface area contributed by atoms with Crippen molar-refractivity contribution < 1.29 is 4.79 Å². The first-order chi connectivity index (χ1) is 12.7. The van der Waals surface area contributed by atoms with Crippen LogP contribution in [0.3, 0.4) is 0 Å². The van der Waals surface area contributed by atoms with E-state index in [1.165, 1.54) is 12.8 Å². The van der Waals surface area contributed by atoms with E-state index in [-0.39, 0.29) is 24.4 Å². The Hall–Kier alpha value is -1.55. The lowest BCUT2D eigenvalue weighted by Gasteiger charge is -2.29. The Kier molecular flexibility index (Phi) is 6.80. The molecule has 0 spiro atoms. The van der Waals surface area contributed by atoms with Gasteiger partial charge in [0.2, 0.25) is 5.91 Å². The minimum atomic E-state index is -0.166. The van der Waals surface area contributed by atoms with Crippen molar-refractivity contribution in [2.24, 2.45) is 5.92 Å². The molecule has 0 saturated carbocycles. The molecule has 1 amide bonds. The van der Waals surface area contributed by atoms with Crippen molar-refractivity contribution in [3.8, 4) is 0 Å². The number of hydrogen-bond acceptors (Lipinski definition) is 2. The van der Waals surface area contributed by atoms with Crippen molar-refractivity contribution in [1.82, 2.24) is 10.6 Å². The van der Waals surface area contributed by atoms with Crippen LogP contribution in [0, 0.1) is 5.92 Å². The molecule has 3 unspecified atom stereocenters. The Labute approximate surface area is 172 Å². The van der Waals surface area contributed by atoms with Crippen LogP contribution in [0.25, 0.3) is 0 Å². The Bertz CT molecular complexity index is 756. The van der Waals surface area contributed by atoms with Crippen molar-refractivity contribution in [3.63, 3.8) is 0 Å². The summed E-state index contributed by atoms with van der Waals surface area (Å²) in [6, 6.07) is 18.9. The Morgan fingerprint density at radius 3 is 2.37 bits per heavy atom. The molecule has 2 aliphatic rings. The van der Waals surface area contributed by atoms with Gasteiger partial charge in [0.05, 0.1) is 6.04 Å². The summed E-state index contributed by atoms with van der Waals surface area (Å²) in [5.41, 5.74) is 2.09. The summed E-state index contributed by atoms with van der Waals surface area (Å²) < 4.78 is 0. The maximum atomic E-state index is 12.8. The van der Waals surface area contributed by atoms with E-state index in [1.807, 2.05) is 42.5 Å². The van der Waals surface area contributed by atoms with Gasteiger partial charge in [-0.1, -0.05) is 54.1 Å². The number of hydrogen-bond donors (Lipinski definition) is 2. The number of carbonyl (C=O) groups is 1. The molecule has 0 radical (unpaired) electrons. The van der Waals surface area contributed by atoms with Gasteiger partial charge in [-0.05, 0) is 54.9 Å². The standard InChI is InChI=1S/C22H25ClN2O.ClH/c23-18-8-4-7-17(14-18)22(16-5-2-1-3-6-16)25-21(26)13-15-11-19-9-10-20(12-15)24-19;/h1-8,14-15,19-20,22,24H,9-13H2,(H,25,26);1H. The van der Waals surface area contributed by atoms with E-state index < -0.39 is 0 Å². The number of carbonyl (C=O) groups excluding carboxylic acids is 1. The highest BCUT2D eigenvalue weighted by atomic mass is 35.5. The fourth-order valence-electron chi connectivity index (χ4n) is 4.51. The van der Waals surface area contributed by atoms with Gasteiger partial charge in [-0.15, -0.1) is 12.4 Å². The minimum absolute atomic E-state index is 0. The van der Waals surface area contributed by atoms with Crippen LogP contribution >= 0.6 is 24.0 Å². The summed E-state index contributed by atoms with van der Waals surface area (Å²) >= 11 is 6.19. The number of rotatable bonds is 5. The van der Waals surface area contributed by atoms with Gasteiger partial charge in [0, 0.05) is 23.5 Å². The van der Waals surface area contributed by atoms with E-state index in [9.17, 15) is 4.79 Å². The predicted molar refractivity (Wildman–Crippen MR) is 112 cm³/mol. The Morgan fingerprint density at radius 1 is 1.04 bits per heavy atom. The van der Waals surface area contributed by atoms with Crippen LogP contribution in [0.4, 0.5) is 0 Å². The molecule has 2 N–H and O–H groups in total. The van der Waals surface area contributed by atoms with Crippen LogP contribution in [0.5, 0.6) is 0 Å². The molecule has 0 aliphatic carbocycles. The maximum Gasteiger partial charge on any atom is 0.221 e. The third kappa shape index (κ3) is 5.04. The van der Waals surface area contributed by atoms with E-state index >= 15 is 0 Å². The summed E-state index contributed by atoms with van der Waals surface area (Å²) in [5, 5.41) is 7.59. The highest BCUT2D eigenvalue weighted by molar-refractivity contribution is 6.30. The monoisotopic (exact) mass is 404 g/mol. The van der Waals surface area contributed by atoms with Gasteiger partial charge < -0.3 is 10.6 Å². The van der Waals surface area contributed by atoms with E-state index in [0.717, 1.165) is 24.0 Å². The third-order valence-corrected chi connectivity index (χ3v) is 5.90. The van der Waals surface area contributed by atoms with Crippen LogP contribution in [-0.4, -0.2) is 18.0 Å². The van der Waals surface area contributed by atoms with E-state index in [4.69, 9.17) is 11.6 Å². The molecule has 0 aromatic heterocycles. The van der Waals surface area contributed by atoms with Crippen molar-refractivity contribution in [2.75, 3.05) is 0 Å². The van der Waals surface area contributed by atoms with Gasteiger partial charge >= 0.3 is 0 Å². The molecule has 2 aromatic rings. The highest BCUT2D eigenvalue weighted by Gasteiger charge is 2.34. The van der Waals surface area contributed by atoms with Gasteiger partial charge in [0.25, 0.3) is 0 Å². The maximum absolute atomic E-state index is 12.8. The zero-order valence-corrected chi connectivity index (χ0v) is 16.8. The molecule has 27 heavy (non-hydrogen) atoms. The molecule has 4 rings (SSSR count). The molecule has 5 heteroatoms. The number of nitrogens with one attached hydrogen (secondary N) is 2. The van der Waals surface area contributed by atoms with E-state index in [2.05, 4.69) is 22.8 Å². The van der Waals surface area contributed by atoms with Crippen molar-refractivity contribution in [1.29, 1.82) is 0 Å². The second-order valence-electron chi connectivity index (χ2n) is 7.65. The number of piperidine rings is 1. The lowest BCUT2D eigenvalue weighted by atomic mass is 9.89. The molecular weight excluding hydrogens is 379 g/mol. The van der Waals surface area contributed by atoms with Crippen molar-refractivity contribution in [2.45, 2.75) is 50.2 Å². The number of fused-ring (bicyclic) bond motifs is 2. The van der Waals surface area contributed by atoms with Gasteiger partial charge in [0.1, 0.15) is 0 Å². The van der Waals surface area contributed by atoms with Crippen molar-refractivity contribution >= 4 is 29.9 Å². The first-order valence-corrected chi connectivity index (χ1v) is 9.91. The quantitative estimate of drug-likeness (QED) is 0.744. The van der Waals surface area contributed by atoms with Crippen molar-refractivity contribution in [3.05, 3.63) is 70.7 Å². The highest BCUT2D eigenvalue weighted by Crippen LogP contribution is 2.33. The van der Waals surface area contributed by atoms with Crippen LogP contribution in [0.15, 0.2) is 54.6 Å². The summed E-state index contributed by atoms with van der Waals surface area (Å²) in [4.78, 5) is 12.8. The zero-order chi connectivity index (χ0) is 17.9. The lowest BCUT2D eigenvalue weighted by Crippen LogP contribution is -2.40. The van der Waals surface area contributed by atoms with Gasteiger partial charge in [-0.25, -0.2) is 0 Å². The zero-order valence-electron chi connectivity index (χ0n) is 15.2. The van der Waals surface area contributed by atoms with Crippen LogP contribution in [0.1, 0.15) is 49.3 Å². The van der Waals surface area contributed by atoms with Gasteiger partial charge in [0.15, 0.2) is 0 Å². The molecule has 144 valence electrons. The summed E-state index contributed by atoms with van der Waals surface area (Å²) in [6.07, 6.45) is 5.38. The molecule has 2 fully saturated rings. The molecule has 2 aromatic carbocycles. The fraction of sp³-hybridized carbons (Fsp3) is 0.409. The Balaban J connectivity index is 0.00000210. The molecule has 2 bridgehead atoms. The second-order valence-corrected chi connectivity index (χ2v) is 8.08. The molecular formula is C22H26Cl2N2O. The molecule has 2 saturated heterocycles. The predicted octanol–water partition coefficient (Wildman–Crippen LogP) is 4.89. The van der Waals surface area contributed by atoms with E-state index in [0.29, 0.717) is 29.4 Å². The van der Waals surface area contributed by atoms with E-state index in [1.54, 1.807) is 0 Å². The third-order valence-electron chi connectivity index (χ3n) is 5.67. The molecule has 2 heterocycles. The average Bonchev–Trinajstić information content (AvgIpc) is 2.99. The molecule has 3 nitrogen and oxygen atoms in total. The summed E-state index contributed by atoms with van der Waals surface area (Å²) in [6.45, 7) is 0. The summed E-state index contributed by atoms with van der Waals surface area (Å²) in [5.74, 6) is 0.620. The van der Waals surface area contributed by atoms with Crippen LogP contribution in [-0.2, 0) is 4.79 Å². The van der Waals surface area contributed by atoms with Gasteiger partial charge in [-0.2, -0.15) is 0 Å². The summed E-state index contributed by atoms with van der Waals surface area (Å²) in [7, 11) is 0. The second kappa shape index (κ2) is 9.09. The minimum Gasteiger partial charge on any atom is -0.345 e. The SMILES string of the molecule is Cl.O=C(CC1CC2CCC(C1)N2)NC(c1ccccc1)c1cccc(Cl)c1. The van der Waals surface area contributed by atoms with Crippen LogP contribution < -0.4 is 10.6 Å². The normalized spacial score (nSPS) is 24.7. The lowest BCUT2D eigenvalue weighted by molar-refractivity contribution is -0.122. The first-order valence-electron chi connectivity index (χ1n) is 9.53. The fourth-order valence-corrected chi connectivity index (χ4v) is 4.71. The topological polar surface area (TPSA) is 41.1 Å². The number of benzene rings is 2. The first kappa shape index (κ1) is 20.2. The van der Waals surface area contributed by atoms with Gasteiger partial charge in [-0.3, -0.25) is 4.79 Å². The van der Waals surface area contributed by atoms with Crippen LogP contribution in [0.2, 0.25) is 5.02 Å². The molecule has 2 aliphatic heterocycles. The molecule has 3 atom stereocenters. The number of halogens is 2. The number of amides is 1. The smallest absolute Gasteiger partial charge is 0.221 e. The Morgan fingerprint density at radius 2 is 1.70 bits per heavy atom. The average molecular weight is 405 g/mol.